The molecule has 0 bridgehead atoms. The molecular weight excluding hydrogens is 446 g/mol. The minimum absolute atomic E-state index is 0.0708. The highest BCUT2D eigenvalue weighted by atomic mass is 16.5. The fraction of sp³-hybridized carbons (Fsp3) is 0.346. The molecule has 2 N–H and O–H groups in total. The van der Waals surface area contributed by atoms with E-state index in [2.05, 4.69) is 32.4 Å². The van der Waals surface area contributed by atoms with Gasteiger partial charge in [0, 0.05) is 12.1 Å². The molecule has 182 valence electrons. The quantitative estimate of drug-likeness (QED) is 0.381. The molecule has 9 nitrogen and oxygen atoms in total. The number of aromatic amines is 1. The van der Waals surface area contributed by atoms with Crippen LogP contribution in [0.15, 0.2) is 48.8 Å². The van der Waals surface area contributed by atoms with Gasteiger partial charge in [0.05, 0.1) is 36.9 Å². The monoisotopic (exact) mass is 475 g/mol. The number of hydrogen-bond acceptors (Lipinski definition) is 8. The van der Waals surface area contributed by atoms with Crippen LogP contribution in [0.2, 0.25) is 0 Å². The van der Waals surface area contributed by atoms with E-state index >= 15 is 0 Å². The van der Waals surface area contributed by atoms with Crippen LogP contribution in [0.5, 0.6) is 29.0 Å². The molecule has 5 rings (SSSR count). The first-order chi connectivity index (χ1) is 17.1. The van der Waals surface area contributed by atoms with Crippen LogP contribution in [-0.4, -0.2) is 53.6 Å². The lowest BCUT2D eigenvalue weighted by Crippen LogP contribution is -2.35. The van der Waals surface area contributed by atoms with Crippen LogP contribution in [0.3, 0.4) is 0 Å². The summed E-state index contributed by atoms with van der Waals surface area (Å²) < 4.78 is 23.2. The zero-order chi connectivity index (χ0) is 24.2. The Morgan fingerprint density at radius 3 is 2.49 bits per heavy atom. The van der Waals surface area contributed by atoms with Gasteiger partial charge in [0.15, 0.2) is 11.5 Å². The molecule has 0 radical (unpaired) electrons. The molecule has 1 unspecified atom stereocenters. The third-order valence-corrected chi connectivity index (χ3v) is 6.40. The molecule has 0 aliphatic carbocycles. The molecule has 0 saturated carbocycles. The molecule has 4 aromatic rings. The molecule has 1 atom stereocenters. The van der Waals surface area contributed by atoms with Crippen molar-refractivity contribution < 1.29 is 18.9 Å². The number of hydrogen-bond donors (Lipinski definition) is 2. The van der Waals surface area contributed by atoms with E-state index in [4.69, 9.17) is 18.9 Å². The van der Waals surface area contributed by atoms with Crippen molar-refractivity contribution in [2.75, 3.05) is 27.3 Å². The number of H-pyrrole nitrogens is 1. The fourth-order valence-electron chi connectivity index (χ4n) is 4.36. The number of nitrogens with one attached hydrogen (secondary N) is 2. The normalized spacial score (nSPS) is 15.1. The summed E-state index contributed by atoms with van der Waals surface area (Å²) in [5.74, 6) is 3.35. The molecule has 2 aromatic heterocycles. The number of fused-ring (bicyclic) bond motifs is 1. The number of benzene rings is 2. The van der Waals surface area contributed by atoms with Crippen molar-refractivity contribution in [2.45, 2.75) is 25.9 Å². The average Bonchev–Trinajstić information content (AvgIpc) is 3.37. The number of aromatic nitrogens is 4. The molecule has 1 fully saturated rings. The lowest BCUT2D eigenvalue weighted by Gasteiger charge is -2.29. The highest BCUT2D eigenvalue weighted by molar-refractivity contribution is 5.87. The Labute approximate surface area is 203 Å². The first-order valence-corrected chi connectivity index (χ1v) is 11.7. The zero-order valence-corrected chi connectivity index (χ0v) is 20.1. The van der Waals surface area contributed by atoms with Gasteiger partial charge in [0.2, 0.25) is 11.8 Å². The minimum atomic E-state index is 0.0708. The summed E-state index contributed by atoms with van der Waals surface area (Å²) in [6.07, 6.45) is 3.74. The first-order valence-electron chi connectivity index (χ1n) is 11.7. The van der Waals surface area contributed by atoms with Crippen LogP contribution >= 0.6 is 0 Å². The van der Waals surface area contributed by atoms with Crippen molar-refractivity contribution in [3.05, 3.63) is 48.8 Å². The molecular formula is C26H29N5O4. The second-order valence-electron chi connectivity index (χ2n) is 8.56. The van der Waals surface area contributed by atoms with Gasteiger partial charge in [-0.25, -0.2) is 9.97 Å². The summed E-state index contributed by atoms with van der Waals surface area (Å²) in [5, 5.41) is 11.4. The van der Waals surface area contributed by atoms with Crippen molar-refractivity contribution in [1.29, 1.82) is 0 Å². The van der Waals surface area contributed by atoms with E-state index in [9.17, 15) is 0 Å². The molecule has 0 amide bonds. The predicted molar refractivity (Wildman–Crippen MR) is 132 cm³/mol. The van der Waals surface area contributed by atoms with Crippen LogP contribution in [0, 0.1) is 5.92 Å². The number of ether oxygens (including phenoxy) is 4. The third kappa shape index (κ3) is 5.00. The average molecular weight is 476 g/mol. The first kappa shape index (κ1) is 22.9. The van der Waals surface area contributed by atoms with E-state index < -0.39 is 0 Å². The molecule has 1 aliphatic heterocycles. The summed E-state index contributed by atoms with van der Waals surface area (Å²) in [6.45, 7) is 4.16. The van der Waals surface area contributed by atoms with Crippen molar-refractivity contribution in [3.8, 4) is 40.3 Å². The topological polar surface area (TPSA) is 103 Å². The van der Waals surface area contributed by atoms with Gasteiger partial charge in [0.25, 0.3) is 0 Å². The van der Waals surface area contributed by atoms with Gasteiger partial charge in [-0.2, -0.15) is 0 Å². The van der Waals surface area contributed by atoms with E-state index in [0.717, 1.165) is 42.9 Å². The van der Waals surface area contributed by atoms with Crippen LogP contribution in [0.1, 0.15) is 19.8 Å². The number of rotatable bonds is 8. The summed E-state index contributed by atoms with van der Waals surface area (Å²) in [5.41, 5.74) is 2.49. The Balaban J connectivity index is 1.38. The predicted octanol–water partition coefficient (Wildman–Crippen LogP) is 4.60. The summed E-state index contributed by atoms with van der Waals surface area (Å²) in [4.78, 5) is 8.77. The SMILES string of the molecule is COc1ccc(-c2cc(Oc3ncnc4cc(OC(C)C5CCNCC5)c(OC)cc34)n[nH]2)cc1. The summed E-state index contributed by atoms with van der Waals surface area (Å²) in [7, 11) is 3.27. The number of nitrogens with zero attached hydrogens (tertiary/aromatic N) is 3. The maximum atomic E-state index is 6.33. The van der Waals surface area contributed by atoms with Crippen LogP contribution in [0.4, 0.5) is 0 Å². The van der Waals surface area contributed by atoms with Crippen LogP contribution in [0.25, 0.3) is 22.2 Å². The number of piperidine rings is 1. The second-order valence-corrected chi connectivity index (χ2v) is 8.56. The summed E-state index contributed by atoms with van der Waals surface area (Å²) >= 11 is 0. The maximum absolute atomic E-state index is 6.33. The Morgan fingerprint density at radius 1 is 0.943 bits per heavy atom. The molecule has 9 heteroatoms. The Bertz CT molecular complexity index is 1280. The van der Waals surface area contributed by atoms with Gasteiger partial charge in [-0.15, -0.1) is 5.10 Å². The minimum Gasteiger partial charge on any atom is -0.497 e. The Kier molecular flexibility index (Phi) is 6.67. The van der Waals surface area contributed by atoms with Crippen molar-refractivity contribution in [1.82, 2.24) is 25.5 Å². The standard InChI is InChI=1S/C26H29N5O4/c1-16(17-8-10-27-11-9-17)34-24-13-22-20(12-23(24)33-3)26(29-15-28-22)35-25-14-21(30-31-25)18-4-6-19(32-2)7-5-18/h4-7,12-17,27H,8-11H2,1-3H3,(H,30,31). The molecule has 1 aliphatic rings. The Hall–Kier alpha value is -3.85. The van der Waals surface area contributed by atoms with Gasteiger partial charge in [0.1, 0.15) is 12.1 Å². The van der Waals surface area contributed by atoms with E-state index in [0.29, 0.717) is 40.1 Å². The van der Waals surface area contributed by atoms with Gasteiger partial charge in [-0.05, 0) is 74.7 Å². The van der Waals surface area contributed by atoms with Crippen molar-refractivity contribution in [2.24, 2.45) is 5.92 Å². The van der Waals surface area contributed by atoms with E-state index in [1.54, 1.807) is 14.2 Å². The van der Waals surface area contributed by atoms with E-state index in [1.165, 1.54) is 6.33 Å². The van der Waals surface area contributed by atoms with E-state index in [1.807, 2.05) is 42.5 Å². The molecule has 0 spiro atoms. The van der Waals surface area contributed by atoms with Gasteiger partial charge < -0.3 is 24.3 Å². The lowest BCUT2D eigenvalue weighted by molar-refractivity contribution is 0.124. The van der Waals surface area contributed by atoms with Crippen LogP contribution < -0.4 is 24.3 Å². The maximum Gasteiger partial charge on any atom is 0.240 e. The second kappa shape index (κ2) is 10.2. The smallest absolute Gasteiger partial charge is 0.240 e. The highest BCUT2D eigenvalue weighted by Crippen LogP contribution is 2.37. The fourth-order valence-corrected chi connectivity index (χ4v) is 4.36. The third-order valence-electron chi connectivity index (χ3n) is 6.40. The number of methoxy groups -OCH3 is 2. The van der Waals surface area contributed by atoms with Gasteiger partial charge in [-0.3, -0.25) is 5.10 Å². The van der Waals surface area contributed by atoms with Gasteiger partial charge >= 0.3 is 0 Å². The zero-order valence-electron chi connectivity index (χ0n) is 20.1. The highest BCUT2D eigenvalue weighted by Gasteiger charge is 2.23. The van der Waals surface area contributed by atoms with Crippen LogP contribution in [-0.2, 0) is 0 Å². The van der Waals surface area contributed by atoms with Gasteiger partial charge in [-0.1, -0.05) is 0 Å². The molecule has 2 aromatic carbocycles. The summed E-state index contributed by atoms with van der Waals surface area (Å²) in [6, 6.07) is 13.3. The van der Waals surface area contributed by atoms with Crippen molar-refractivity contribution >= 4 is 10.9 Å². The van der Waals surface area contributed by atoms with E-state index in [-0.39, 0.29) is 6.10 Å². The lowest BCUT2D eigenvalue weighted by atomic mass is 9.93. The molecule has 1 saturated heterocycles. The van der Waals surface area contributed by atoms with Crippen molar-refractivity contribution in [3.63, 3.8) is 0 Å². The Morgan fingerprint density at radius 2 is 1.74 bits per heavy atom. The molecule has 35 heavy (non-hydrogen) atoms. The largest absolute Gasteiger partial charge is 0.497 e. The molecule has 3 heterocycles.